The van der Waals surface area contributed by atoms with Crippen molar-refractivity contribution in [1.82, 2.24) is 10.2 Å². The van der Waals surface area contributed by atoms with Crippen LogP contribution >= 0.6 is 0 Å². The second kappa shape index (κ2) is 11.6. The number of aliphatic hydroxyl groups excluding tert-OH is 1. The van der Waals surface area contributed by atoms with Crippen LogP contribution in [0.15, 0.2) is 77.1 Å². The zero-order chi connectivity index (χ0) is 28.4. The highest BCUT2D eigenvalue weighted by Gasteiger charge is 2.51. The van der Waals surface area contributed by atoms with Gasteiger partial charge >= 0.3 is 0 Å². The van der Waals surface area contributed by atoms with E-state index < -0.39 is 11.8 Å². The molecule has 9 heteroatoms. The number of aliphatic hydroxyl groups is 1. The molecule has 9 nitrogen and oxygen atoms in total. The summed E-state index contributed by atoms with van der Waals surface area (Å²) in [4.78, 5) is 30.9. The molecule has 41 heavy (non-hydrogen) atoms. The fourth-order valence-electron chi connectivity index (χ4n) is 6.64. The Hall–Kier alpha value is -3.82. The number of allylic oxidation sites excluding steroid dienone is 1. The van der Waals surface area contributed by atoms with Gasteiger partial charge in [0.15, 0.2) is 5.76 Å². The predicted octanol–water partition coefficient (Wildman–Crippen LogP) is 4.14. The first kappa shape index (κ1) is 27.4. The van der Waals surface area contributed by atoms with Gasteiger partial charge in [-0.1, -0.05) is 36.4 Å². The van der Waals surface area contributed by atoms with Crippen molar-refractivity contribution in [3.8, 4) is 0 Å². The number of hydrogen-bond acceptors (Lipinski definition) is 7. The number of ether oxygens (including phenoxy) is 2. The third-order valence-corrected chi connectivity index (χ3v) is 8.77. The quantitative estimate of drug-likeness (QED) is 0.428. The molecule has 2 aromatic carbocycles. The molecule has 1 aromatic heterocycles. The zero-order valence-electron chi connectivity index (χ0n) is 23.3. The van der Waals surface area contributed by atoms with Crippen LogP contribution in [0.25, 0.3) is 11.0 Å². The molecule has 2 amide bonds. The van der Waals surface area contributed by atoms with Crippen LogP contribution in [-0.2, 0) is 19.1 Å². The Bertz CT molecular complexity index is 1410. The summed E-state index contributed by atoms with van der Waals surface area (Å²) in [6.07, 6.45) is 5.33. The van der Waals surface area contributed by atoms with Gasteiger partial charge in [-0.15, -0.1) is 0 Å². The number of hydrogen-bond donors (Lipinski definition) is 2. The number of anilines is 1. The van der Waals surface area contributed by atoms with Crippen LogP contribution in [0.4, 0.5) is 5.69 Å². The van der Waals surface area contributed by atoms with Crippen LogP contribution in [0.1, 0.15) is 44.1 Å². The van der Waals surface area contributed by atoms with E-state index >= 15 is 0 Å². The number of carbonyl (C=O) groups excluding carboxylic acids is 2. The van der Waals surface area contributed by atoms with Crippen molar-refractivity contribution < 1.29 is 28.6 Å². The van der Waals surface area contributed by atoms with Gasteiger partial charge < -0.3 is 34.1 Å². The van der Waals surface area contributed by atoms with Crippen molar-refractivity contribution in [2.75, 3.05) is 37.9 Å². The Labute approximate surface area is 239 Å². The number of amides is 2. The van der Waals surface area contributed by atoms with Gasteiger partial charge in [0.05, 0.1) is 12.9 Å². The molecule has 0 aliphatic carbocycles. The first-order chi connectivity index (χ1) is 20.1. The third kappa shape index (κ3) is 4.97. The van der Waals surface area contributed by atoms with Crippen LogP contribution in [0.3, 0.4) is 0 Å². The van der Waals surface area contributed by atoms with Gasteiger partial charge in [0, 0.05) is 54.8 Å². The molecular weight excluding hydrogens is 522 g/mol. The van der Waals surface area contributed by atoms with Crippen LogP contribution in [0.2, 0.25) is 0 Å². The van der Waals surface area contributed by atoms with Crippen molar-refractivity contribution in [1.29, 1.82) is 0 Å². The normalized spacial score (nSPS) is 23.9. The number of para-hydroxylation sites is 2. The van der Waals surface area contributed by atoms with Gasteiger partial charge in [-0.2, -0.15) is 0 Å². The minimum absolute atomic E-state index is 0.0108. The summed E-state index contributed by atoms with van der Waals surface area (Å²) >= 11 is 0. The summed E-state index contributed by atoms with van der Waals surface area (Å²) in [6, 6.07) is 17.8. The number of nitrogens with zero attached hydrogens (tertiary/aromatic N) is 2. The highest BCUT2D eigenvalue weighted by Crippen LogP contribution is 2.43. The van der Waals surface area contributed by atoms with Crippen molar-refractivity contribution in [3.05, 3.63) is 78.3 Å². The Balaban J connectivity index is 1.27. The van der Waals surface area contributed by atoms with E-state index in [0.717, 1.165) is 22.2 Å². The Morgan fingerprint density at radius 2 is 1.88 bits per heavy atom. The Morgan fingerprint density at radius 3 is 2.63 bits per heavy atom. The summed E-state index contributed by atoms with van der Waals surface area (Å²) in [5.74, 6) is -0.236. The van der Waals surface area contributed by atoms with E-state index in [-0.39, 0.29) is 36.0 Å². The predicted molar refractivity (Wildman–Crippen MR) is 154 cm³/mol. The SMILES string of the molecule is CCO[C@@H]1OC(C(=O)N2CCC3(CC2)C(=O)NCN3c2ccccc2)=C[C@H](c2coc3ccccc23)[C@H]1CCCO. The molecule has 3 aromatic rings. The Kier molecular flexibility index (Phi) is 7.73. The van der Waals surface area contributed by atoms with Gasteiger partial charge in [0.25, 0.3) is 5.91 Å². The summed E-state index contributed by atoms with van der Waals surface area (Å²) in [7, 11) is 0. The maximum absolute atomic E-state index is 13.9. The minimum atomic E-state index is -0.679. The fraction of sp³-hybridized carbons (Fsp3) is 0.438. The van der Waals surface area contributed by atoms with Crippen molar-refractivity contribution in [3.63, 3.8) is 0 Å². The number of likely N-dealkylation sites (tertiary alicyclic amines) is 1. The lowest BCUT2D eigenvalue weighted by Crippen LogP contribution is -2.57. The van der Waals surface area contributed by atoms with Gasteiger partial charge in [-0.05, 0) is 56.9 Å². The standard InChI is InChI=1S/C32H37N3O6/c1-2-39-30-24(12-8-18-36)25(26-20-40-27-13-7-6-11-23(26)27)19-28(41-30)29(37)34-16-14-32(15-17-34)31(38)33-21-35(32)22-9-4-3-5-10-22/h3-7,9-11,13,19-20,24-25,30,36H,2,8,12,14-18,21H2,1H3,(H,33,38)/t24-,25+,30-/m1/s1. The average molecular weight is 560 g/mol. The third-order valence-electron chi connectivity index (χ3n) is 8.77. The fourth-order valence-corrected chi connectivity index (χ4v) is 6.64. The van der Waals surface area contributed by atoms with Crippen molar-refractivity contribution in [2.45, 2.75) is 50.4 Å². The van der Waals surface area contributed by atoms with E-state index in [2.05, 4.69) is 10.2 Å². The van der Waals surface area contributed by atoms with Crippen molar-refractivity contribution >= 4 is 28.5 Å². The second-order valence-electron chi connectivity index (χ2n) is 11.0. The number of benzene rings is 2. The van der Waals surface area contributed by atoms with Gasteiger partial charge in [0.1, 0.15) is 11.1 Å². The zero-order valence-corrected chi connectivity index (χ0v) is 23.3. The number of piperidine rings is 1. The summed E-state index contributed by atoms with van der Waals surface area (Å²) in [5, 5.41) is 13.6. The monoisotopic (exact) mass is 559 g/mol. The van der Waals surface area contributed by atoms with Crippen LogP contribution in [0, 0.1) is 5.92 Å². The number of carbonyl (C=O) groups is 2. The molecule has 6 rings (SSSR count). The topological polar surface area (TPSA) is 104 Å². The smallest absolute Gasteiger partial charge is 0.288 e. The van der Waals surface area contributed by atoms with E-state index in [1.54, 1.807) is 11.2 Å². The van der Waals surface area contributed by atoms with E-state index in [9.17, 15) is 14.7 Å². The van der Waals surface area contributed by atoms with Crippen molar-refractivity contribution in [2.24, 2.45) is 5.92 Å². The highest BCUT2D eigenvalue weighted by atomic mass is 16.7. The molecule has 0 saturated carbocycles. The molecule has 2 saturated heterocycles. The lowest BCUT2D eigenvalue weighted by Gasteiger charge is -2.44. The maximum Gasteiger partial charge on any atom is 0.288 e. The number of rotatable bonds is 8. The maximum atomic E-state index is 13.9. The second-order valence-corrected chi connectivity index (χ2v) is 11.0. The molecule has 1 spiro atoms. The molecule has 3 atom stereocenters. The summed E-state index contributed by atoms with van der Waals surface area (Å²) in [6.45, 7) is 3.72. The van der Waals surface area contributed by atoms with Crippen LogP contribution in [0.5, 0.6) is 0 Å². The van der Waals surface area contributed by atoms with Gasteiger partial charge in [-0.3, -0.25) is 9.59 Å². The first-order valence-corrected chi connectivity index (χ1v) is 14.5. The molecule has 0 radical (unpaired) electrons. The Morgan fingerprint density at radius 1 is 1.12 bits per heavy atom. The number of furan rings is 1. The molecule has 2 fully saturated rings. The summed E-state index contributed by atoms with van der Waals surface area (Å²) in [5.41, 5.74) is 2.07. The van der Waals surface area contributed by atoms with E-state index in [0.29, 0.717) is 52.0 Å². The molecule has 0 unspecified atom stereocenters. The van der Waals surface area contributed by atoms with Crippen LogP contribution in [-0.4, -0.2) is 66.6 Å². The summed E-state index contributed by atoms with van der Waals surface area (Å²) < 4.78 is 18.2. The highest BCUT2D eigenvalue weighted by molar-refractivity contribution is 5.95. The number of fused-ring (bicyclic) bond motifs is 1. The van der Waals surface area contributed by atoms with E-state index in [4.69, 9.17) is 13.9 Å². The minimum Gasteiger partial charge on any atom is -0.464 e. The number of nitrogens with one attached hydrogen (secondary N) is 1. The average Bonchev–Trinajstić information content (AvgIpc) is 3.58. The molecule has 0 bridgehead atoms. The van der Waals surface area contributed by atoms with Crippen LogP contribution < -0.4 is 10.2 Å². The molecule has 3 aliphatic heterocycles. The first-order valence-electron chi connectivity index (χ1n) is 14.5. The van der Waals surface area contributed by atoms with E-state index in [1.807, 2.05) is 67.6 Å². The lowest BCUT2D eigenvalue weighted by molar-refractivity contribution is -0.171. The van der Waals surface area contributed by atoms with Gasteiger partial charge in [0.2, 0.25) is 12.2 Å². The largest absolute Gasteiger partial charge is 0.464 e. The van der Waals surface area contributed by atoms with Gasteiger partial charge in [-0.25, -0.2) is 0 Å². The molecule has 4 heterocycles. The lowest BCUT2D eigenvalue weighted by atomic mass is 9.80. The molecular formula is C32H37N3O6. The molecule has 216 valence electrons. The van der Waals surface area contributed by atoms with E-state index in [1.165, 1.54) is 0 Å². The molecule has 3 aliphatic rings. The molecule has 2 N–H and O–H groups in total.